The summed E-state index contributed by atoms with van der Waals surface area (Å²) in [5, 5.41) is 0.628. The average Bonchev–Trinajstić information content (AvgIpc) is 2.42. The molecule has 2 N–H and O–H groups in total. The van der Waals surface area contributed by atoms with Gasteiger partial charge >= 0.3 is 0 Å². The Hall–Kier alpha value is -0.540. The number of rotatable bonds is 1. The summed E-state index contributed by atoms with van der Waals surface area (Å²) in [5.74, 6) is 0.610. The third-order valence-electron chi connectivity index (χ3n) is 2.80. The second-order valence-corrected chi connectivity index (χ2v) is 4.00. The molecule has 0 radical (unpaired) electrons. The van der Waals surface area contributed by atoms with Crippen molar-refractivity contribution in [2.24, 2.45) is 11.7 Å². The van der Waals surface area contributed by atoms with E-state index in [-0.39, 0.29) is 0 Å². The third-order valence-corrected chi connectivity index (χ3v) is 3.09. The maximum atomic E-state index is 5.97. The van der Waals surface area contributed by atoms with Gasteiger partial charge in [-0.1, -0.05) is 0 Å². The molecule has 0 amide bonds. The molecule has 1 unspecified atom stereocenters. The fourth-order valence-electron chi connectivity index (χ4n) is 1.94. The number of halogens is 1. The molecule has 1 aromatic rings. The predicted molar refractivity (Wildman–Crippen MR) is 52.8 cm³/mol. The van der Waals surface area contributed by atoms with Gasteiger partial charge in [-0.05, 0) is 43.8 Å². The highest BCUT2D eigenvalue weighted by molar-refractivity contribution is 6.28. The standard InChI is InChI=1S/C9H14ClN3/c1-6-8-4-7(5-11)2-3-13(8)9(10)12-6/h7H,2-5,11H2,1H3. The minimum atomic E-state index is 0.610. The van der Waals surface area contributed by atoms with Gasteiger partial charge in [-0.2, -0.15) is 0 Å². The van der Waals surface area contributed by atoms with Gasteiger partial charge in [-0.25, -0.2) is 4.98 Å². The molecular weight excluding hydrogens is 186 g/mol. The van der Waals surface area contributed by atoms with Gasteiger partial charge in [-0.15, -0.1) is 0 Å². The van der Waals surface area contributed by atoms with Crippen LogP contribution >= 0.6 is 11.6 Å². The summed E-state index contributed by atoms with van der Waals surface area (Å²) in [6.07, 6.45) is 2.15. The van der Waals surface area contributed by atoms with Crippen LogP contribution in [0.5, 0.6) is 0 Å². The minimum absolute atomic E-state index is 0.610. The number of hydrogen-bond acceptors (Lipinski definition) is 2. The Kier molecular flexibility index (Phi) is 2.30. The minimum Gasteiger partial charge on any atom is -0.330 e. The van der Waals surface area contributed by atoms with Crippen LogP contribution in [0.2, 0.25) is 5.28 Å². The van der Waals surface area contributed by atoms with Crippen LogP contribution in [0.4, 0.5) is 0 Å². The van der Waals surface area contributed by atoms with E-state index in [1.165, 1.54) is 5.69 Å². The number of nitrogens with two attached hydrogens (primary N) is 1. The average molecular weight is 200 g/mol. The number of hydrogen-bond donors (Lipinski definition) is 1. The number of fused-ring (bicyclic) bond motifs is 1. The summed E-state index contributed by atoms with van der Waals surface area (Å²) in [6.45, 7) is 3.75. The monoisotopic (exact) mass is 199 g/mol. The highest BCUT2D eigenvalue weighted by Crippen LogP contribution is 2.25. The van der Waals surface area contributed by atoms with E-state index in [0.717, 1.165) is 31.6 Å². The Bertz CT molecular complexity index is 319. The Morgan fingerprint density at radius 1 is 1.69 bits per heavy atom. The lowest BCUT2D eigenvalue weighted by molar-refractivity contribution is 0.395. The fourth-order valence-corrected chi connectivity index (χ4v) is 2.26. The predicted octanol–water partition coefficient (Wildman–Crippen LogP) is 1.37. The molecule has 1 aromatic heterocycles. The molecule has 0 aromatic carbocycles. The lowest BCUT2D eigenvalue weighted by Gasteiger charge is -2.23. The molecule has 3 nitrogen and oxygen atoms in total. The number of nitrogens with zero attached hydrogens (tertiary/aromatic N) is 2. The van der Waals surface area contributed by atoms with E-state index in [4.69, 9.17) is 17.3 Å². The quantitative estimate of drug-likeness (QED) is 0.743. The van der Waals surface area contributed by atoms with Crippen molar-refractivity contribution in [3.63, 3.8) is 0 Å². The van der Waals surface area contributed by atoms with E-state index < -0.39 is 0 Å². The van der Waals surface area contributed by atoms with Crippen molar-refractivity contribution in [2.45, 2.75) is 26.3 Å². The highest BCUT2D eigenvalue weighted by Gasteiger charge is 2.21. The fraction of sp³-hybridized carbons (Fsp3) is 0.667. The topological polar surface area (TPSA) is 43.8 Å². The summed E-state index contributed by atoms with van der Waals surface area (Å²) >= 11 is 5.97. The van der Waals surface area contributed by atoms with Gasteiger partial charge in [0.25, 0.3) is 0 Å². The molecule has 0 saturated carbocycles. The first-order valence-corrected chi connectivity index (χ1v) is 5.01. The van der Waals surface area contributed by atoms with Crippen molar-refractivity contribution in [1.29, 1.82) is 0 Å². The summed E-state index contributed by atoms with van der Waals surface area (Å²) in [6, 6.07) is 0. The van der Waals surface area contributed by atoms with Crippen molar-refractivity contribution in [2.75, 3.05) is 6.54 Å². The van der Waals surface area contributed by atoms with E-state index in [2.05, 4.69) is 9.55 Å². The van der Waals surface area contributed by atoms with E-state index in [0.29, 0.717) is 11.2 Å². The van der Waals surface area contributed by atoms with Crippen LogP contribution in [-0.4, -0.2) is 16.1 Å². The Balaban J connectivity index is 2.33. The summed E-state index contributed by atoms with van der Waals surface area (Å²) in [4.78, 5) is 4.25. The van der Waals surface area contributed by atoms with Crippen molar-refractivity contribution in [3.8, 4) is 0 Å². The van der Waals surface area contributed by atoms with Gasteiger partial charge < -0.3 is 10.3 Å². The highest BCUT2D eigenvalue weighted by atomic mass is 35.5. The van der Waals surface area contributed by atoms with Crippen molar-refractivity contribution < 1.29 is 0 Å². The second kappa shape index (κ2) is 3.31. The molecular formula is C9H14ClN3. The van der Waals surface area contributed by atoms with Crippen molar-refractivity contribution in [3.05, 3.63) is 16.7 Å². The summed E-state index contributed by atoms with van der Waals surface area (Å²) in [7, 11) is 0. The van der Waals surface area contributed by atoms with E-state index >= 15 is 0 Å². The lowest BCUT2D eigenvalue weighted by atomic mass is 9.95. The van der Waals surface area contributed by atoms with Gasteiger partial charge in [0.2, 0.25) is 5.28 Å². The van der Waals surface area contributed by atoms with Gasteiger partial charge in [0.15, 0.2) is 0 Å². The first-order valence-electron chi connectivity index (χ1n) is 4.64. The van der Waals surface area contributed by atoms with Gasteiger partial charge in [-0.3, -0.25) is 0 Å². The van der Waals surface area contributed by atoms with E-state index in [1.54, 1.807) is 0 Å². The molecule has 0 aliphatic carbocycles. The molecule has 0 saturated heterocycles. The molecule has 13 heavy (non-hydrogen) atoms. The normalized spacial score (nSPS) is 21.6. The molecule has 0 spiro atoms. The summed E-state index contributed by atoms with van der Waals surface area (Å²) < 4.78 is 2.10. The maximum absolute atomic E-state index is 5.97. The molecule has 2 heterocycles. The smallest absolute Gasteiger partial charge is 0.203 e. The molecule has 2 rings (SSSR count). The zero-order valence-corrected chi connectivity index (χ0v) is 8.51. The van der Waals surface area contributed by atoms with E-state index in [9.17, 15) is 0 Å². The van der Waals surface area contributed by atoms with Crippen LogP contribution in [0.1, 0.15) is 17.8 Å². The van der Waals surface area contributed by atoms with Crippen LogP contribution in [-0.2, 0) is 13.0 Å². The Labute approximate surface area is 82.9 Å². The summed E-state index contributed by atoms with van der Waals surface area (Å²) in [5.41, 5.74) is 7.98. The molecule has 1 aliphatic rings. The molecule has 0 fully saturated rings. The molecule has 1 atom stereocenters. The Morgan fingerprint density at radius 2 is 2.46 bits per heavy atom. The number of aryl methyl sites for hydroxylation is 1. The van der Waals surface area contributed by atoms with Crippen LogP contribution < -0.4 is 5.73 Å². The zero-order valence-electron chi connectivity index (χ0n) is 7.76. The third kappa shape index (κ3) is 1.46. The molecule has 1 aliphatic heterocycles. The van der Waals surface area contributed by atoms with Crippen LogP contribution in [0, 0.1) is 12.8 Å². The first kappa shape index (κ1) is 9.03. The first-order chi connectivity index (χ1) is 6.22. The van der Waals surface area contributed by atoms with Crippen molar-refractivity contribution in [1.82, 2.24) is 9.55 Å². The molecule has 4 heteroatoms. The van der Waals surface area contributed by atoms with Crippen LogP contribution in [0.3, 0.4) is 0 Å². The number of aromatic nitrogens is 2. The van der Waals surface area contributed by atoms with E-state index in [1.807, 2.05) is 6.92 Å². The van der Waals surface area contributed by atoms with Crippen LogP contribution in [0.15, 0.2) is 0 Å². The maximum Gasteiger partial charge on any atom is 0.203 e. The largest absolute Gasteiger partial charge is 0.330 e. The number of imidazole rings is 1. The molecule has 0 bridgehead atoms. The van der Waals surface area contributed by atoms with Gasteiger partial charge in [0.05, 0.1) is 5.69 Å². The SMILES string of the molecule is Cc1nc(Cl)n2c1CC(CN)CC2. The van der Waals surface area contributed by atoms with Crippen molar-refractivity contribution >= 4 is 11.6 Å². The van der Waals surface area contributed by atoms with Gasteiger partial charge in [0.1, 0.15) is 0 Å². The van der Waals surface area contributed by atoms with Crippen LogP contribution in [0.25, 0.3) is 0 Å². The molecule has 72 valence electrons. The lowest BCUT2D eigenvalue weighted by Crippen LogP contribution is -2.25. The van der Waals surface area contributed by atoms with Gasteiger partial charge in [0, 0.05) is 12.2 Å². The Morgan fingerprint density at radius 3 is 3.15 bits per heavy atom. The second-order valence-electron chi connectivity index (χ2n) is 3.66. The zero-order chi connectivity index (χ0) is 9.42.